The van der Waals surface area contributed by atoms with Crippen molar-refractivity contribution in [2.24, 2.45) is 0 Å². The summed E-state index contributed by atoms with van der Waals surface area (Å²) in [6.07, 6.45) is 5.28. The van der Waals surface area contributed by atoms with Crippen molar-refractivity contribution in [1.29, 1.82) is 0 Å². The van der Waals surface area contributed by atoms with Gasteiger partial charge in [-0.15, -0.1) is 0 Å². The standard InChI is InChI=1S/C16H21NO2/c1-2-19-15(18)16(17-13-9-10-13)11-5-7-12-6-3-4-8-14(12)16/h3-4,6,8,13,17H,2,5,7,9-11H2,1H3. The number of nitrogens with one attached hydrogen (secondary N) is 1. The van der Waals surface area contributed by atoms with Gasteiger partial charge in [-0.25, -0.2) is 4.79 Å². The van der Waals surface area contributed by atoms with Gasteiger partial charge >= 0.3 is 5.97 Å². The van der Waals surface area contributed by atoms with Crippen LogP contribution in [-0.2, 0) is 21.5 Å². The van der Waals surface area contributed by atoms with E-state index in [1.54, 1.807) is 0 Å². The van der Waals surface area contributed by atoms with E-state index in [-0.39, 0.29) is 5.97 Å². The average molecular weight is 259 g/mol. The van der Waals surface area contributed by atoms with Gasteiger partial charge in [-0.1, -0.05) is 24.3 Å². The van der Waals surface area contributed by atoms with E-state index in [2.05, 4.69) is 23.5 Å². The lowest BCUT2D eigenvalue weighted by Gasteiger charge is -2.38. The molecule has 1 unspecified atom stereocenters. The van der Waals surface area contributed by atoms with E-state index < -0.39 is 5.54 Å². The number of carbonyl (C=O) groups is 1. The number of aryl methyl sites for hydroxylation is 1. The number of hydrogen-bond donors (Lipinski definition) is 1. The molecule has 3 rings (SSSR count). The fourth-order valence-electron chi connectivity index (χ4n) is 3.08. The molecule has 0 bridgehead atoms. The van der Waals surface area contributed by atoms with Crippen LogP contribution in [0.15, 0.2) is 24.3 Å². The average Bonchev–Trinajstić information content (AvgIpc) is 3.23. The molecule has 0 aromatic heterocycles. The number of fused-ring (bicyclic) bond motifs is 1. The zero-order chi connectivity index (χ0) is 13.3. The van der Waals surface area contributed by atoms with E-state index in [1.165, 1.54) is 18.4 Å². The molecule has 1 atom stereocenters. The molecule has 3 nitrogen and oxygen atoms in total. The topological polar surface area (TPSA) is 38.3 Å². The van der Waals surface area contributed by atoms with Gasteiger partial charge in [0.15, 0.2) is 0 Å². The maximum absolute atomic E-state index is 12.6. The molecule has 3 heteroatoms. The fourth-order valence-corrected chi connectivity index (χ4v) is 3.08. The van der Waals surface area contributed by atoms with Crippen LogP contribution in [0.4, 0.5) is 0 Å². The second-order valence-corrected chi connectivity index (χ2v) is 5.56. The van der Waals surface area contributed by atoms with Gasteiger partial charge in [0, 0.05) is 6.04 Å². The zero-order valence-electron chi connectivity index (χ0n) is 11.4. The number of benzene rings is 1. The highest BCUT2D eigenvalue weighted by Gasteiger charge is 2.47. The maximum atomic E-state index is 12.6. The quantitative estimate of drug-likeness (QED) is 0.844. The smallest absolute Gasteiger partial charge is 0.331 e. The van der Waals surface area contributed by atoms with Gasteiger partial charge in [0.1, 0.15) is 5.54 Å². The number of esters is 1. The minimum absolute atomic E-state index is 0.103. The van der Waals surface area contributed by atoms with E-state index in [4.69, 9.17) is 4.74 Å². The first kappa shape index (κ1) is 12.7. The monoisotopic (exact) mass is 259 g/mol. The predicted molar refractivity (Wildman–Crippen MR) is 73.8 cm³/mol. The molecule has 0 radical (unpaired) electrons. The molecule has 102 valence electrons. The van der Waals surface area contributed by atoms with Crippen LogP contribution in [-0.4, -0.2) is 18.6 Å². The molecule has 0 heterocycles. The van der Waals surface area contributed by atoms with Gasteiger partial charge in [0.05, 0.1) is 6.61 Å². The summed E-state index contributed by atoms with van der Waals surface area (Å²) in [5.74, 6) is -0.103. The van der Waals surface area contributed by atoms with Gasteiger partial charge in [0.25, 0.3) is 0 Å². The van der Waals surface area contributed by atoms with Crippen molar-refractivity contribution in [2.45, 2.75) is 50.6 Å². The number of rotatable bonds is 4. The van der Waals surface area contributed by atoms with E-state index >= 15 is 0 Å². The van der Waals surface area contributed by atoms with Crippen LogP contribution in [0.1, 0.15) is 43.7 Å². The molecule has 2 aliphatic carbocycles. The van der Waals surface area contributed by atoms with E-state index in [0.29, 0.717) is 12.6 Å². The third kappa shape index (κ3) is 2.27. The summed E-state index contributed by atoms with van der Waals surface area (Å²) in [4.78, 5) is 12.6. The van der Waals surface area contributed by atoms with Crippen LogP contribution in [0.3, 0.4) is 0 Å². The maximum Gasteiger partial charge on any atom is 0.331 e. The molecule has 0 spiro atoms. The predicted octanol–water partition coefficient (Wildman–Crippen LogP) is 2.53. The van der Waals surface area contributed by atoms with Crippen molar-refractivity contribution in [3.63, 3.8) is 0 Å². The summed E-state index contributed by atoms with van der Waals surface area (Å²) in [7, 11) is 0. The second kappa shape index (κ2) is 4.97. The summed E-state index contributed by atoms with van der Waals surface area (Å²) in [6.45, 7) is 2.31. The van der Waals surface area contributed by atoms with Crippen LogP contribution in [0.25, 0.3) is 0 Å². The Labute approximate surface area is 114 Å². The van der Waals surface area contributed by atoms with Crippen molar-refractivity contribution >= 4 is 5.97 Å². The number of carbonyl (C=O) groups excluding carboxylic acids is 1. The zero-order valence-corrected chi connectivity index (χ0v) is 11.4. The Morgan fingerprint density at radius 1 is 1.42 bits per heavy atom. The van der Waals surface area contributed by atoms with E-state index in [9.17, 15) is 4.79 Å². The Kier molecular flexibility index (Phi) is 3.31. The van der Waals surface area contributed by atoms with Crippen molar-refractivity contribution in [1.82, 2.24) is 5.32 Å². The van der Waals surface area contributed by atoms with Crippen molar-refractivity contribution < 1.29 is 9.53 Å². The Balaban J connectivity index is 2.01. The Morgan fingerprint density at radius 2 is 2.21 bits per heavy atom. The lowest BCUT2D eigenvalue weighted by atomic mass is 9.76. The number of ether oxygens (including phenoxy) is 1. The summed E-state index contributed by atoms with van der Waals surface area (Å²) >= 11 is 0. The Hall–Kier alpha value is -1.35. The van der Waals surface area contributed by atoms with Gasteiger partial charge in [-0.05, 0) is 50.2 Å². The lowest BCUT2D eigenvalue weighted by molar-refractivity contribution is -0.152. The highest BCUT2D eigenvalue weighted by Crippen LogP contribution is 2.39. The van der Waals surface area contributed by atoms with Crippen LogP contribution in [0.2, 0.25) is 0 Å². The van der Waals surface area contributed by atoms with Gasteiger partial charge in [-0.3, -0.25) is 5.32 Å². The number of hydrogen-bond acceptors (Lipinski definition) is 3. The highest BCUT2D eigenvalue weighted by atomic mass is 16.5. The van der Waals surface area contributed by atoms with Crippen LogP contribution in [0.5, 0.6) is 0 Å². The highest BCUT2D eigenvalue weighted by molar-refractivity contribution is 5.83. The minimum atomic E-state index is -0.605. The van der Waals surface area contributed by atoms with Crippen LogP contribution >= 0.6 is 0 Å². The molecule has 0 aliphatic heterocycles. The first-order valence-corrected chi connectivity index (χ1v) is 7.29. The molecule has 2 aliphatic rings. The summed E-state index contributed by atoms with van der Waals surface area (Å²) in [5, 5.41) is 3.57. The van der Waals surface area contributed by atoms with Crippen molar-refractivity contribution in [2.75, 3.05) is 6.61 Å². The molecule has 0 amide bonds. The normalized spacial score (nSPS) is 25.7. The van der Waals surface area contributed by atoms with Crippen molar-refractivity contribution in [3.8, 4) is 0 Å². The molecular weight excluding hydrogens is 238 g/mol. The lowest BCUT2D eigenvalue weighted by Crippen LogP contribution is -2.53. The first-order valence-electron chi connectivity index (χ1n) is 7.29. The minimum Gasteiger partial charge on any atom is -0.464 e. The van der Waals surface area contributed by atoms with Gasteiger partial charge in [0.2, 0.25) is 0 Å². The summed E-state index contributed by atoms with van der Waals surface area (Å²) in [5.41, 5.74) is 1.81. The Morgan fingerprint density at radius 3 is 2.95 bits per heavy atom. The molecule has 1 N–H and O–H groups in total. The SMILES string of the molecule is CCOC(=O)C1(NC2CC2)CCCc2ccccc21. The summed E-state index contributed by atoms with van der Waals surface area (Å²) in [6, 6.07) is 8.78. The third-order valence-electron chi connectivity index (χ3n) is 4.13. The molecule has 0 saturated heterocycles. The molecule has 1 aromatic rings. The third-order valence-corrected chi connectivity index (χ3v) is 4.13. The summed E-state index contributed by atoms with van der Waals surface area (Å²) < 4.78 is 5.37. The molecular formula is C16H21NO2. The molecule has 1 saturated carbocycles. The van der Waals surface area contributed by atoms with Gasteiger partial charge in [-0.2, -0.15) is 0 Å². The first-order chi connectivity index (χ1) is 9.26. The molecule has 1 fully saturated rings. The van der Waals surface area contributed by atoms with Crippen LogP contribution < -0.4 is 5.32 Å². The second-order valence-electron chi connectivity index (χ2n) is 5.56. The fraction of sp³-hybridized carbons (Fsp3) is 0.562. The Bertz CT molecular complexity index is 481. The largest absolute Gasteiger partial charge is 0.464 e. The van der Waals surface area contributed by atoms with E-state index in [0.717, 1.165) is 24.8 Å². The van der Waals surface area contributed by atoms with Crippen LogP contribution in [0, 0.1) is 0 Å². The molecule has 19 heavy (non-hydrogen) atoms. The van der Waals surface area contributed by atoms with Gasteiger partial charge < -0.3 is 4.74 Å². The molecule has 1 aromatic carbocycles. The van der Waals surface area contributed by atoms with Crippen molar-refractivity contribution in [3.05, 3.63) is 35.4 Å². The van der Waals surface area contributed by atoms with E-state index in [1.807, 2.05) is 13.0 Å².